The van der Waals surface area contributed by atoms with Gasteiger partial charge < -0.3 is 11.1 Å². The average molecular weight is 472 g/mol. The lowest BCUT2D eigenvalue weighted by Crippen LogP contribution is -2.51. The molecule has 3 N–H and O–H groups in total. The van der Waals surface area contributed by atoms with Crippen LogP contribution in [0.5, 0.6) is 0 Å². The van der Waals surface area contributed by atoms with E-state index in [2.05, 4.69) is 5.32 Å². The molecule has 0 bridgehead atoms. The molecule has 180 valence electrons. The molecule has 2 aromatic rings. The van der Waals surface area contributed by atoms with Gasteiger partial charge in [0.05, 0.1) is 0 Å². The molecular formula is C24H26F6N2O. The first-order valence-corrected chi connectivity index (χ1v) is 10.7. The van der Waals surface area contributed by atoms with Crippen molar-refractivity contribution in [3.05, 3.63) is 63.7 Å². The van der Waals surface area contributed by atoms with Gasteiger partial charge in [0.2, 0.25) is 0 Å². The lowest BCUT2D eigenvalue weighted by atomic mass is 9.85. The first-order valence-electron chi connectivity index (χ1n) is 10.7. The smallest absolute Gasteiger partial charge is 0.324 e. The van der Waals surface area contributed by atoms with Crippen molar-refractivity contribution < 1.29 is 31.1 Å². The first-order chi connectivity index (χ1) is 15.2. The standard InChI is InChI=1S/C24H26F6N2O/c1-4-14-12-17(23(27,22(3,25)26)24(28,29)30)10-13(2)20(14)32-21(33)16-8-9-18-15(11-16)6-5-7-19(18)31/h8-12,19H,4-7,31H2,1-3H3,(H,32,33). The van der Waals surface area contributed by atoms with E-state index in [1.165, 1.54) is 6.92 Å². The maximum absolute atomic E-state index is 14.9. The number of fused-ring (bicyclic) bond motifs is 1. The number of nitrogens with one attached hydrogen (secondary N) is 1. The Kier molecular flexibility index (Phi) is 6.59. The van der Waals surface area contributed by atoms with Crippen LogP contribution in [-0.2, 0) is 18.5 Å². The van der Waals surface area contributed by atoms with Gasteiger partial charge in [0.1, 0.15) is 0 Å². The number of hydrogen-bond donors (Lipinski definition) is 2. The van der Waals surface area contributed by atoms with E-state index < -0.39 is 29.2 Å². The number of nitrogens with two attached hydrogens (primary N) is 1. The van der Waals surface area contributed by atoms with E-state index >= 15 is 0 Å². The fourth-order valence-corrected chi connectivity index (χ4v) is 4.36. The molecule has 1 aliphatic rings. The summed E-state index contributed by atoms with van der Waals surface area (Å²) in [5.41, 5.74) is 2.64. The summed E-state index contributed by atoms with van der Waals surface area (Å²) in [7, 11) is 0. The number of hydrogen-bond acceptors (Lipinski definition) is 2. The zero-order chi connectivity index (χ0) is 24.8. The van der Waals surface area contributed by atoms with Crippen molar-refractivity contribution in [1.82, 2.24) is 0 Å². The minimum absolute atomic E-state index is 0.0493. The van der Waals surface area contributed by atoms with Crippen LogP contribution in [0.2, 0.25) is 0 Å². The van der Waals surface area contributed by atoms with Gasteiger partial charge in [0.15, 0.2) is 0 Å². The number of benzene rings is 2. The van der Waals surface area contributed by atoms with Gasteiger partial charge in [-0.2, -0.15) is 13.2 Å². The Morgan fingerprint density at radius 3 is 2.36 bits per heavy atom. The fourth-order valence-electron chi connectivity index (χ4n) is 4.36. The number of amides is 1. The highest BCUT2D eigenvalue weighted by Crippen LogP contribution is 2.53. The minimum atomic E-state index is -5.84. The summed E-state index contributed by atoms with van der Waals surface area (Å²) >= 11 is 0. The minimum Gasteiger partial charge on any atom is -0.324 e. The molecule has 0 aliphatic heterocycles. The largest absolute Gasteiger partial charge is 0.432 e. The van der Waals surface area contributed by atoms with Crippen LogP contribution >= 0.6 is 0 Å². The predicted octanol–water partition coefficient (Wildman–Crippen LogP) is 6.53. The summed E-state index contributed by atoms with van der Waals surface area (Å²) in [5.74, 6) is -5.22. The van der Waals surface area contributed by atoms with E-state index in [0.29, 0.717) is 11.6 Å². The lowest BCUT2D eigenvalue weighted by Gasteiger charge is -2.34. The fraction of sp³-hybridized carbons (Fsp3) is 0.458. The number of rotatable bonds is 5. The van der Waals surface area contributed by atoms with E-state index in [0.717, 1.165) is 36.5 Å². The third kappa shape index (κ3) is 4.47. The second-order valence-electron chi connectivity index (χ2n) is 8.59. The number of carbonyl (C=O) groups is 1. The Labute approximate surface area is 188 Å². The van der Waals surface area contributed by atoms with Crippen molar-refractivity contribution in [1.29, 1.82) is 0 Å². The molecule has 0 fully saturated rings. The molecule has 1 amide bonds. The monoisotopic (exact) mass is 472 g/mol. The summed E-state index contributed by atoms with van der Waals surface area (Å²) < 4.78 is 82.9. The summed E-state index contributed by atoms with van der Waals surface area (Å²) in [6, 6.07) is 6.49. The van der Waals surface area contributed by atoms with Crippen molar-refractivity contribution >= 4 is 11.6 Å². The van der Waals surface area contributed by atoms with Crippen LogP contribution in [0, 0.1) is 6.92 Å². The van der Waals surface area contributed by atoms with Crippen LogP contribution in [0.25, 0.3) is 0 Å². The first kappa shape index (κ1) is 25.1. The van der Waals surface area contributed by atoms with Crippen LogP contribution in [-0.4, -0.2) is 18.0 Å². The van der Waals surface area contributed by atoms with Gasteiger partial charge in [-0.25, -0.2) is 13.2 Å². The molecule has 3 nitrogen and oxygen atoms in total. The van der Waals surface area contributed by atoms with Gasteiger partial charge in [-0.15, -0.1) is 0 Å². The van der Waals surface area contributed by atoms with Gasteiger partial charge in [-0.3, -0.25) is 4.79 Å². The summed E-state index contributed by atoms with van der Waals surface area (Å²) in [6.07, 6.45) is -3.22. The molecule has 2 unspecified atom stereocenters. The van der Waals surface area contributed by atoms with Gasteiger partial charge >= 0.3 is 6.18 Å². The lowest BCUT2D eigenvalue weighted by molar-refractivity contribution is -0.304. The van der Waals surface area contributed by atoms with Crippen molar-refractivity contribution in [2.75, 3.05) is 5.32 Å². The zero-order valence-electron chi connectivity index (χ0n) is 18.5. The summed E-state index contributed by atoms with van der Waals surface area (Å²) in [5, 5.41) is 2.66. The second kappa shape index (κ2) is 8.66. The van der Waals surface area contributed by atoms with Crippen molar-refractivity contribution in [3.8, 4) is 0 Å². The Bertz CT molecular complexity index is 1040. The number of alkyl halides is 6. The van der Waals surface area contributed by atoms with E-state index in [1.807, 2.05) is 0 Å². The number of carbonyl (C=O) groups excluding carboxylic acids is 1. The van der Waals surface area contributed by atoms with Crippen LogP contribution < -0.4 is 11.1 Å². The predicted molar refractivity (Wildman–Crippen MR) is 114 cm³/mol. The summed E-state index contributed by atoms with van der Waals surface area (Å²) in [4.78, 5) is 12.9. The second-order valence-corrected chi connectivity index (χ2v) is 8.59. The van der Waals surface area contributed by atoms with Crippen LogP contribution in [0.15, 0.2) is 30.3 Å². The SMILES string of the molecule is CCc1cc(C(F)(C(C)(F)F)C(F)(F)F)cc(C)c1NC(=O)c1ccc2c(c1)CCCC2N. The molecule has 0 saturated carbocycles. The van der Waals surface area contributed by atoms with E-state index in [1.54, 1.807) is 25.1 Å². The average Bonchev–Trinajstić information content (AvgIpc) is 2.72. The Morgan fingerprint density at radius 1 is 1.12 bits per heavy atom. The molecule has 1 aliphatic carbocycles. The highest BCUT2D eigenvalue weighted by molar-refractivity contribution is 6.05. The van der Waals surface area contributed by atoms with E-state index in [4.69, 9.17) is 5.73 Å². The van der Waals surface area contributed by atoms with Crippen molar-refractivity contribution in [3.63, 3.8) is 0 Å². The molecule has 0 aromatic heterocycles. The quantitative estimate of drug-likeness (QED) is 0.487. The highest BCUT2D eigenvalue weighted by atomic mass is 19.4. The third-order valence-corrected chi connectivity index (χ3v) is 6.20. The normalized spacial score (nSPS) is 18.4. The van der Waals surface area contributed by atoms with Crippen LogP contribution in [0.4, 0.5) is 32.0 Å². The van der Waals surface area contributed by atoms with Crippen LogP contribution in [0.1, 0.15) is 70.9 Å². The van der Waals surface area contributed by atoms with Gasteiger partial charge in [-0.05, 0) is 73.1 Å². The van der Waals surface area contributed by atoms with Crippen molar-refractivity contribution in [2.45, 2.75) is 70.3 Å². The molecule has 0 spiro atoms. The molecule has 3 rings (SSSR count). The molecule has 33 heavy (non-hydrogen) atoms. The van der Waals surface area contributed by atoms with E-state index in [-0.39, 0.29) is 36.2 Å². The number of aryl methyl sites for hydroxylation is 3. The van der Waals surface area contributed by atoms with E-state index in [9.17, 15) is 31.1 Å². The molecule has 9 heteroatoms. The number of halogens is 6. The molecule has 2 atom stereocenters. The molecule has 0 heterocycles. The highest BCUT2D eigenvalue weighted by Gasteiger charge is 2.70. The maximum atomic E-state index is 14.9. The molecule has 2 aromatic carbocycles. The zero-order valence-corrected chi connectivity index (χ0v) is 18.5. The van der Waals surface area contributed by atoms with Gasteiger partial charge in [-0.1, -0.05) is 19.1 Å². The summed E-state index contributed by atoms with van der Waals surface area (Å²) in [6.45, 7) is 2.82. The number of anilines is 1. The Hall–Kier alpha value is -2.55. The molecular weight excluding hydrogens is 446 g/mol. The van der Waals surface area contributed by atoms with Gasteiger partial charge in [0.25, 0.3) is 17.5 Å². The molecule has 0 saturated heterocycles. The Morgan fingerprint density at radius 2 is 1.79 bits per heavy atom. The van der Waals surface area contributed by atoms with Crippen molar-refractivity contribution in [2.24, 2.45) is 5.73 Å². The topological polar surface area (TPSA) is 55.1 Å². The van der Waals surface area contributed by atoms with Gasteiger partial charge in [0, 0.05) is 29.8 Å². The maximum Gasteiger partial charge on any atom is 0.432 e. The third-order valence-electron chi connectivity index (χ3n) is 6.20. The Balaban J connectivity index is 1.99. The van der Waals surface area contributed by atoms with Crippen LogP contribution in [0.3, 0.4) is 0 Å². The molecule has 0 radical (unpaired) electrons.